The first-order valence-corrected chi connectivity index (χ1v) is 5.55. The van der Waals surface area contributed by atoms with E-state index < -0.39 is 0 Å². The molecule has 1 aromatic carbocycles. The number of rotatable bonds is 5. The van der Waals surface area contributed by atoms with Crippen LogP contribution in [0.3, 0.4) is 0 Å². The molecule has 17 heavy (non-hydrogen) atoms. The number of ether oxygens (including phenoxy) is 1. The molecule has 0 fully saturated rings. The molecule has 0 aliphatic heterocycles. The molecule has 0 aliphatic carbocycles. The summed E-state index contributed by atoms with van der Waals surface area (Å²) in [6.45, 7) is 4.45. The Kier molecular flexibility index (Phi) is 4.77. The van der Waals surface area contributed by atoms with Gasteiger partial charge in [-0.2, -0.15) is 5.26 Å². The summed E-state index contributed by atoms with van der Waals surface area (Å²) in [5, 5.41) is 12.0. The summed E-state index contributed by atoms with van der Waals surface area (Å²) in [7, 11) is 1.53. The third-order valence-electron chi connectivity index (χ3n) is 2.64. The van der Waals surface area contributed by atoms with Gasteiger partial charge >= 0.3 is 0 Å². The largest absolute Gasteiger partial charge is 0.495 e. The second-order valence-corrected chi connectivity index (χ2v) is 4.21. The van der Waals surface area contributed by atoms with Gasteiger partial charge in [0, 0.05) is 12.6 Å². The number of nitriles is 1. The predicted molar refractivity (Wildman–Crippen MR) is 65.4 cm³/mol. The van der Waals surface area contributed by atoms with Crippen LogP contribution in [0.5, 0.6) is 5.75 Å². The minimum Gasteiger partial charge on any atom is -0.495 e. The molecule has 0 saturated carbocycles. The summed E-state index contributed by atoms with van der Waals surface area (Å²) in [6.07, 6.45) is 0. The highest BCUT2D eigenvalue weighted by Gasteiger charge is 2.13. The molecule has 3 nitrogen and oxygen atoms in total. The Balaban J connectivity index is 2.74. The summed E-state index contributed by atoms with van der Waals surface area (Å²) >= 11 is 0. The van der Waals surface area contributed by atoms with Crippen molar-refractivity contribution in [3.8, 4) is 11.8 Å². The molecule has 0 spiro atoms. The number of halogens is 1. The summed E-state index contributed by atoms with van der Waals surface area (Å²) < 4.78 is 18.2. The molecule has 1 N–H and O–H groups in total. The monoisotopic (exact) mass is 236 g/mol. The highest BCUT2D eigenvalue weighted by molar-refractivity contribution is 5.56. The molecular weight excluding hydrogens is 219 g/mol. The summed E-state index contributed by atoms with van der Waals surface area (Å²) in [5.41, 5.74) is 0.577. The molecule has 1 unspecified atom stereocenters. The molecule has 1 atom stereocenters. The Morgan fingerprint density at radius 2 is 2.18 bits per heavy atom. The van der Waals surface area contributed by atoms with Gasteiger partial charge in [-0.05, 0) is 18.1 Å². The highest BCUT2D eigenvalue weighted by Crippen LogP contribution is 2.25. The second-order valence-electron chi connectivity index (χ2n) is 4.21. The van der Waals surface area contributed by atoms with Crippen LogP contribution in [-0.2, 0) is 0 Å². The third kappa shape index (κ3) is 3.63. The number of nitrogens with zero attached hydrogens (tertiary/aromatic N) is 1. The van der Waals surface area contributed by atoms with Crippen LogP contribution < -0.4 is 10.1 Å². The molecule has 0 radical (unpaired) electrons. The fourth-order valence-corrected chi connectivity index (χ4v) is 1.47. The van der Waals surface area contributed by atoms with E-state index in [1.165, 1.54) is 19.2 Å². The van der Waals surface area contributed by atoms with Crippen molar-refractivity contribution in [1.82, 2.24) is 0 Å². The lowest BCUT2D eigenvalue weighted by Gasteiger charge is -2.16. The lowest BCUT2D eigenvalue weighted by molar-refractivity contribution is 0.414. The van der Waals surface area contributed by atoms with Gasteiger partial charge in [-0.3, -0.25) is 0 Å². The van der Waals surface area contributed by atoms with Crippen LogP contribution in [0.4, 0.5) is 10.1 Å². The number of hydrogen-bond donors (Lipinski definition) is 1. The van der Waals surface area contributed by atoms with Crippen LogP contribution in [0.15, 0.2) is 18.2 Å². The van der Waals surface area contributed by atoms with Crippen LogP contribution in [0.2, 0.25) is 0 Å². The number of methoxy groups -OCH3 is 1. The number of anilines is 1. The standard InChI is InChI=1S/C13H17FN2O/c1-9(2)10(7-15)8-16-12-6-11(14)4-5-13(12)17-3/h4-6,9-10,16H,8H2,1-3H3. The zero-order valence-corrected chi connectivity index (χ0v) is 10.3. The van der Waals surface area contributed by atoms with E-state index in [4.69, 9.17) is 10.00 Å². The minimum absolute atomic E-state index is 0.108. The second kappa shape index (κ2) is 6.09. The molecule has 1 aromatic rings. The maximum absolute atomic E-state index is 13.1. The maximum atomic E-state index is 13.1. The van der Waals surface area contributed by atoms with Crippen molar-refractivity contribution < 1.29 is 9.13 Å². The van der Waals surface area contributed by atoms with Gasteiger partial charge in [0.15, 0.2) is 0 Å². The predicted octanol–water partition coefficient (Wildman–Crippen LogP) is 3.04. The van der Waals surface area contributed by atoms with E-state index in [9.17, 15) is 4.39 Å². The van der Waals surface area contributed by atoms with Gasteiger partial charge in [-0.25, -0.2) is 4.39 Å². The van der Waals surface area contributed by atoms with E-state index >= 15 is 0 Å². The van der Waals surface area contributed by atoms with Gasteiger partial charge in [0.2, 0.25) is 0 Å². The van der Waals surface area contributed by atoms with Crippen LogP contribution in [0, 0.1) is 29.0 Å². The van der Waals surface area contributed by atoms with Crippen molar-refractivity contribution in [3.05, 3.63) is 24.0 Å². The topological polar surface area (TPSA) is 45.0 Å². The minimum atomic E-state index is -0.327. The molecule has 0 amide bonds. The van der Waals surface area contributed by atoms with Gasteiger partial charge in [-0.15, -0.1) is 0 Å². The molecular formula is C13H17FN2O. The van der Waals surface area contributed by atoms with E-state index in [1.54, 1.807) is 6.07 Å². The van der Waals surface area contributed by atoms with Crippen molar-refractivity contribution >= 4 is 5.69 Å². The Bertz CT molecular complexity index is 412. The van der Waals surface area contributed by atoms with Crippen LogP contribution >= 0.6 is 0 Å². The molecule has 0 aliphatic rings. The normalized spacial score (nSPS) is 12.0. The van der Waals surface area contributed by atoms with Crippen molar-refractivity contribution in [2.45, 2.75) is 13.8 Å². The van der Waals surface area contributed by atoms with E-state index in [2.05, 4.69) is 11.4 Å². The summed E-state index contributed by atoms with van der Waals surface area (Å²) in [4.78, 5) is 0. The quantitative estimate of drug-likeness (QED) is 0.854. The fraction of sp³-hybridized carbons (Fsp3) is 0.462. The van der Waals surface area contributed by atoms with Gasteiger partial charge in [-0.1, -0.05) is 13.8 Å². The van der Waals surface area contributed by atoms with E-state index in [-0.39, 0.29) is 17.7 Å². The molecule has 0 aromatic heterocycles. The fourth-order valence-electron chi connectivity index (χ4n) is 1.47. The van der Waals surface area contributed by atoms with Gasteiger partial charge in [0.25, 0.3) is 0 Å². The van der Waals surface area contributed by atoms with Crippen molar-refractivity contribution in [1.29, 1.82) is 5.26 Å². The van der Waals surface area contributed by atoms with Gasteiger partial charge in [0.1, 0.15) is 11.6 Å². The average Bonchev–Trinajstić information content (AvgIpc) is 2.29. The molecule has 1 rings (SSSR count). The van der Waals surface area contributed by atoms with Gasteiger partial charge < -0.3 is 10.1 Å². The molecule has 0 heterocycles. The first-order valence-electron chi connectivity index (χ1n) is 5.55. The Hall–Kier alpha value is -1.76. The third-order valence-corrected chi connectivity index (χ3v) is 2.64. The molecule has 92 valence electrons. The Morgan fingerprint density at radius 1 is 1.47 bits per heavy atom. The number of hydrogen-bond acceptors (Lipinski definition) is 3. The van der Waals surface area contributed by atoms with Crippen LogP contribution in [-0.4, -0.2) is 13.7 Å². The van der Waals surface area contributed by atoms with Crippen LogP contribution in [0.1, 0.15) is 13.8 Å². The lowest BCUT2D eigenvalue weighted by atomic mass is 9.97. The zero-order chi connectivity index (χ0) is 12.8. The van der Waals surface area contributed by atoms with E-state index in [1.807, 2.05) is 13.8 Å². The number of benzene rings is 1. The van der Waals surface area contributed by atoms with E-state index in [0.717, 1.165) is 0 Å². The maximum Gasteiger partial charge on any atom is 0.142 e. The number of nitrogens with one attached hydrogen (secondary N) is 1. The lowest BCUT2D eigenvalue weighted by Crippen LogP contribution is -2.18. The van der Waals surface area contributed by atoms with Crippen molar-refractivity contribution in [2.75, 3.05) is 19.0 Å². The molecule has 4 heteroatoms. The van der Waals surface area contributed by atoms with Gasteiger partial charge in [0.05, 0.1) is 24.8 Å². The van der Waals surface area contributed by atoms with Crippen LogP contribution in [0.25, 0.3) is 0 Å². The first-order chi connectivity index (χ1) is 8.08. The zero-order valence-electron chi connectivity index (χ0n) is 10.3. The summed E-state index contributed by atoms with van der Waals surface area (Å²) in [6, 6.07) is 6.50. The Labute approximate surface area is 101 Å². The Morgan fingerprint density at radius 3 is 2.71 bits per heavy atom. The van der Waals surface area contributed by atoms with Crippen molar-refractivity contribution in [3.63, 3.8) is 0 Å². The van der Waals surface area contributed by atoms with Crippen molar-refractivity contribution in [2.24, 2.45) is 11.8 Å². The SMILES string of the molecule is COc1ccc(F)cc1NCC(C#N)C(C)C. The highest BCUT2D eigenvalue weighted by atomic mass is 19.1. The summed E-state index contributed by atoms with van der Waals surface area (Å²) in [5.74, 6) is 0.397. The molecule has 0 saturated heterocycles. The van der Waals surface area contributed by atoms with E-state index in [0.29, 0.717) is 18.0 Å². The average molecular weight is 236 g/mol. The first kappa shape index (κ1) is 13.3. The molecule has 0 bridgehead atoms. The smallest absolute Gasteiger partial charge is 0.142 e.